The van der Waals surface area contributed by atoms with Gasteiger partial charge in [-0.05, 0) is 29.8 Å². The minimum Gasteiger partial charge on any atom is -0.507 e. The molecular weight excluding hydrogens is 394 g/mol. The lowest BCUT2D eigenvalue weighted by atomic mass is 9.96. The maximum absolute atomic E-state index is 13.1. The van der Waals surface area contributed by atoms with Crippen molar-refractivity contribution >= 4 is 34.0 Å². The molecule has 31 heavy (non-hydrogen) atoms. The van der Waals surface area contributed by atoms with E-state index in [1.165, 1.54) is 17.2 Å². The number of hydrogen-bond donors (Lipinski definition) is 3. The fourth-order valence-corrected chi connectivity index (χ4v) is 4.01. The Labute approximate surface area is 176 Å². The van der Waals surface area contributed by atoms with Crippen molar-refractivity contribution in [1.82, 2.24) is 9.97 Å². The lowest BCUT2D eigenvalue weighted by molar-refractivity contribution is -0.132. The summed E-state index contributed by atoms with van der Waals surface area (Å²) in [6.45, 7) is 0. The van der Waals surface area contributed by atoms with Crippen molar-refractivity contribution in [3.8, 4) is 5.75 Å². The molecule has 152 valence electrons. The van der Waals surface area contributed by atoms with Crippen LogP contribution in [0.1, 0.15) is 17.2 Å². The Bertz CT molecular complexity index is 1360. The van der Waals surface area contributed by atoms with Crippen molar-refractivity contribution in [3.63, 3.8) is 0 Å². The number of anilines is 1. The number of aromatic amines is 1. The van der Waals surface area contributed by atoms with Gasteiger partial charge in [0.25, 0.3) is 11.7 Å². The summed E-state index contributed by atoms with van der Waals surface area (Å²) in [6.07, 6.45) is 4.72. The minimum atomic E-state index is -0.948. The zero-order valence-corrected chi connectivity index (χ0v) is 16.2. The highest BCUT2D eigenvalue weighted by Gasteiger charge is 2.47. The number of phenols is 1. The van der Waals surface area contributed by atoms with Crippen LogP contribution in [0.4, 0.5) is 5.69 Å². The third kappa shape index (κ3) is 2.86. The first-order valence-corrected chi connectivity index (χ1v) is 9.63. The van der Waals surface area contributed by atoms with E-state index in [0.717, 1.165) is 10.9 Å². The summed E-state index contributed by atoms with van der Waals surface area (Å²) in [4.78, 5) is 34.6. The topological polar surface area (TPSA) is 107 Å². The van der Waals surface area contributed by atoms with E-state index in [1.807, 2.05) is 24.3 Å². The van der Waals surface area contributed by atoms with Gasteiger partial charge in [-0.25, -0.2) is 0 Å². The smallest absolute Gasteiger partial charge is 0.300 e. The molecule has 1 atom stereocenters. The normalized spacial score (nSPS) is 18.1. The van der Waals surface area contributed by atoms with Gasteiger partial charge in [0, 0.05) is 35.1 Å². The van der Waals surface area contributed by atoms with Crippen molar-refractivity contribution in [2.75, 3.05) is 4.90 Å². The van der Waals surface area contributed by atoms with Crippen LogP contribution in [0.5, 0.6) is 5.75 Å². The highest BCUT2D eigenvalue weighted by Crippen LogP contribution is 2.44. The van der Waals surface area contributed by atoms with Gasteiger partial charge in [-0.1, -0.05) is 36.4 Å². The summed E-state index contributed by atoms with van der Waals surface area (Å²) in [5, 5.41) is 22.3. The molecule has 1 unspecified atom stereocenters. The second kappa shape index (κ2) is 7.14. The Morgan fingerprint density at radius 1 is 1.00 bits per heavy atom. The highest BCUT2D eigenvalue weighted by atomic mass is 16.3. The second-order valence-electron chi connectivity index (χ2n) is 7.19. The number of carbonyl (C=O) groups excluding carboxylic acids is 2. The van der Waals surface area contributed by atoms with Gasteiger partial charge in [-0.2, -0.15) is 0 Å². The van der Waals surface area contributed by atoms with Crippen molar-refractivity contribution in [1.29, 1.82) is 0 Å². The molecular formula is C24H17N3O4. The number of para-hydroxylation sites is 3. The predicted octanol–water partition coefficient (Wildman–Crippen LogP) is 3.89. The quantitative estimate of drug-likeness (QED) is 0.269. The average Bonchev–Trinajstić information content (AvgIpc) is 3.34. The molecule has 2 aromatic carbocycles. The molecule has 0 radical (unpaired) electrons. The standard InChI is InChI=1S/C24H17N3O4/c28-19-10-4-3-9-18(19)27-21(14-6-5-11-25-12-14)20(23(30)24(27)31)22(29)16-13-26-17-8-2-1-7-15(16)17/h1-13,21,26,28-29H/b22-20-. The fourth-order valence-electron chi connectivity index (χ4n) is 4.01. The van der Waals surface area contributed by atoms with E-state index < -0.39 is 17.7 Å². The van der Waals surface area contributed by atoms with Crippen LogP contribution in [0.25, 0.3) is 16.7 Å². The molecule has 5 rings (SSSR count). The Morgan fingerprint density at radius 2 is 1.77 bits per heavy atom. The maximum Gasteiger partial charge on any atom is 0.300 e. The van der Waals surface area contributed by atoms with Gasteiger partial charge >= 0.3 is 0 Å². The molecule has 0 saturated carbocycles. The SMILES string of the molecule is O=C1C(=O)N(c2ccccc2O)C(c2cccnc2)/C1=C(/O)c1c[nH]c2ccccc12. The number of hydrogen-bond acceptors (Lipinski definition) is 5. The first-order valence-electron chi connectivity index (χ1n) is 9.63. The number of pyridine rings is 1. The average molecular weight is 411 g/mol. The Morgan fingerprint density at radius 3 is 2.55 bits per heavy atom. The first kappa shape index (κ1) is 18.6. The number of carbonyl (C=O) groups is 2. The van der Waals surface area contributed by atoms with Crippen molar-refractivity contribution in [2.24, 2.45) is 0 Å². The van der Waals surface area contributed by atoms with Crippen LogP contribution in [0.3, 0.4) is 0 Å². The second-order valence-corrected chi connectivity index (χ2v) is 7.19. The molecule has 0 spiro atoms. The van der Waals surface area contributed by atoms with E-state index in [-0.39, 0.29) is 22.8 Å². The number of aromatic hydroxyl groups is 1. The van der Waals surface area contributed by atoms with Gasteiger partial charge in [0.1, 0.15) is 11.5 Å². The molecule has 2 aromatic heterocycles. The lowest BCUT2D eigenvalue weighted by Crippen LogP contribution is -2.29. The van der Waals surface area contributed by atoms with Gasteiger partial charge in [0.05, 0.1) is 17.3 Å². The molecule has 1 fully saturated rings. The van der Waals surface area contributed by atoms with E-state index in [9.17, 15) is 19.8 Å². The summed E-state index contributed by atoms with van der Waals surface area (Å²) >= 11 is 0. The predicted molar refractivity (Wildman–Crippen MR) is 115 cm³/mol. The Hall–Kier alpha value is -4.39. The van der Waals surface area contributed by atoms with Crippen LogP contribution >= 0.6 is 0 Å². The fraction of sp³-hybridized carbons (Fsp3) is 0.0417. The first-order chi connectivity index (χ1) is 15.1. The van der Waals surface area contributed by atoms with E-state index >= 15 is 0 Å². The third-order valence-corrected chi connectivity index (χ3v) is 5.43. The molecule has 3 N–H and O–H groups in total. The van der Waals surface area contributed by atoms with E-state index in [2.05, 4.69) is 9.97 Å². The zero-order chi connectivity index (χ0) is 21.5. The number of ketones is 1. The minimum absolute atomic E-state index is 0.0639. The molecule has 1 aliphatic heterocycles. The monoisotopic (exact) mass is 411 g/mol. The van der Waals surface area contributed by atoms with Crippen LogP contribution < -0.4 is 4.90 Å². The van der Waals surface area contributed by atoms with Gasteiger partial charge < -0.3 is 15.2 Å². The van der Waals surface area contributed by atoms with Crippen LogP contribution in [0.15, 0.2) is 84.8 Å². The number of H-pyrrole nitrogens is 1. The summed E-state index contributed by atoms with van der Waals surface area (Å²) in [7, 11) is 0. The summed E-state index contributed by atoms with van der Waals surface area (Å²) in [6, 6.07) is 16.1. The zero-order valence-electron chi connectivity index (χ0n) is 16.2. The number of amides is 1. The number of Topliss-reactive ketones (excluding diaryl/α,β-unsaturated/α-hetero) is 1. The van der Waals surface area contributed by atoms with Crippen LogP contribution in [0, 0.1) is 0 Å². The molecule has 1 saturated heterocycles. The van der Waals surface area contributed by atoms with Gasteiger partial charge in [0.2, 0.25) is 0 Å². The van der Waals surface area contributed by atoms with Gasteiger partial charge in [0.15, 0.2) is 0 Å². The third-order valence-electron chi connectivity index (χ3n) is 5.43. The number of aliphatic hydroxyl groups excluding tert-OH is 1. The molecule has 7 nitrogen and oxygen atoms in total. The Kier molecular flexibility index (Phi) is 4.29. The number of nitrogens with one attached hydrogen (secondary N) is 1. The van der Waals surface area contributed by atoms with Crippen molar-refractivity contribution in [2.45, 2.75) is 6.04 Å². The molecule has 4 aromatic rings. The highest BCUT2D eigenvalue weighted by molar-refractivity contribution is 6.52. The number of rotatable bonds is 3. The van der Waals surface area contributed by atoms with Crippen molar-refractivity contribution < 1.29 is 19.8 Å². The lowest BCUT2D eigenvalue weighted by Gasteiger charge is -2.25. The molecule has 3 heterocycles. The summed E-state index contributed by atoms with van der Waals surface area (Å²) < 4.78 is 0. The number of aliphatic hydroxyl groups is 1. The molecule has 1 aliphatic rings. The van der Waals surface area contributed by atoms with Crippen LogP contribution in [0.2, 0.25) is 0 Å². The molecule has 0 bridgehead atoms. The molecule has 7 heteroatoms. The largest absolute Gasteiger partial charge is 0.507 e. The van der Waals surface area contributed by atoms with Crippen LogP contribution in [-0.4, -0.2) is 31.9 Å². The van der Waals surface area contributed by atoms with Crippen molar-refractivity contribution in [3.05, 3.63) is 96.0 Å². The van der Waals surface area contributed by atoms with Gasteiger partial charge in [-0.15, -0.1) is 0 Å². The number of aromatic nitrogens is 2. The van der Waals surface area contributed by atoms with Gasteiger partial charge in [-0.3, -0.25) is 19.5 Å². The molecule has 1 amide bonds. The summed E-state index contributed by atoms with van der Waals surface area (Å²) in [5.41, 5.74) is 1.85. The number of phenolic OH excluding ortho intramolecular Hbond substituents is 1. The van der Waals surface area contributed by atoms with E-state index in [1.54, 1.807) is 42.7 Å². The van der Waals surface area contributed by atoms with E-state index in [0.29, 0.717) is 11.1 Å². The maximum atomic E-state index is 13.1. The summed E-state index contributed by atoms with van der Waals surface area (Å²) in [5.74, 6) is -2.11. The Balaban J connectivity index is 1.78. The number of benzene rings is 2. The number of fused-ring (bicyclic) bond motifs is 1. The van der Waals surface area contributed by atoms with Crippen LogP contribution in [-0.2, 0) is 9.59 Å². The molecule has 0 aliphatic carbocycles. The number of nitrogens with zero attached hydrogens (tertiary/aromatic N) is 2. The van der Waals surface area contributed by atoms with E-state index in [4.69, 9.17) is 0 Å².